The molecule has 0 aliphatic rings. The number of nitrogens with zero attached hydrogens (tertiary/aromatic N) is 3. The third kappa shape index (κ3) is 5.65. The van der Waals surface area contributed by atoms with Gasteiger partial charge in [0.15, 0.2) is 5.65 Å². The molecule has 3 aromatic carbocycles. The van der Waals surface area contributed by atoms with E-state index in [1.165, 1.54) is 6.07 Å². The van der Waals surface area contributed by atoms with Gasteiger partial charge in [-0.05, 0) is 34.9 Å². The van der Waals surface area contributed by atoms with E-state index in [2.05, 4.69) is 15.4 Å². The van der Waals surface area contributed by atoms with E-state index in [1.54, 1.807) is 16.9 Å². The molecule has 8 nitrogen and oxygen atoms in total. The van der Waals surface area contributed by atoms with Crippen LogP contribution in [0, 0.1) is 0 Å². The summed E-state index contributed by atoms with van der Waals surface area (Å²) >= 11 is 0. The number of hydrogen-bond donors (Lipinski definition) is 2. The van der Waals surface area contributed by atoms with Crippen LogP contribution in [0.25, 0.3) is 16.8 Å². The fourth-order valence-corrected chi connectivity index (χ4v) is 3.95. The molecule has 0 fully saturated rings. The molecular formula is C29H24N4O4. The maximum atomic E-state index is 12.9. The summed E-state index contributed by atoms with van der Waals surface area (Å²) < 4.78 is 7.44. The number of aromatic nitrogens is 3. The highest BCUT2D eigenvalue weighted by atomic mass is 16.5. The van der Waals surface area contributed by atoms with E-state index in [1.807, 2.05) is 84.9 Å². The Labute approximate surface area is 213 Å². The van der Waals surface area contributed by atoms with Crippen LogP contribution in [-0.4, -0.2) is 37.6 Å². The first kappa shape index (κ1) is 23.7. The van der Waals surface area contributed by atoms with Crippen molar-refractivity contribution in [2.24, 2.45) is 0 Å². The second kappa shape index (κ2) is 10.7. The van der Waals surface area contributed by atoms with E-state index in [0.29, 0.717) is 12.3 Å². The van der Waals surface area contributed by atoms with Crippen molar-refractivity contribution in [2.45, 2.75) is 19.1 Å². The number of hydrogen-bond acceptors (Lipinski definition) is 5. The zero-order chi connectivity index (χ0) is 25.6. The molecule has 0 aliphatic carbocycles. The lowest BCUT2D eigenvalue weighted by Crippen LogP contribution is -2.42. The van der Waals surface area contributed by atoms with E-state index >= 15 is 0 Å². The molecule has 1 atom stereocenters. The second-order valence-electron chi connectivity index (χ2n) is 8.49. The topological polar surface area (TPSA) is 106 Å². The molecule has 184 valence electrons. The summed E-state index contributed by atoms with van der Waals surface area (Å²) in [6.07, 6.45) is 3.48. The number of carboxylic acid groups (broad SMARTS) is 1. The molecule has 0 radical (unpaired) electrons. The van der Waals surface area contributed by atoms with Crippen molar-refractivity contribution < 1.29 is 19.4 Å². The first-order chi connectivity index (χ1) is 18.1. The maximum absolute atomic E-state index is 12.9. The van der Waals surface area contributed by atoms with Gasteiger partial charge in [-0.15, -0.1) is 0 Å². The lowest BCUT2D eigenvalue weighted by Gasteiger charge is -2.14. The minimum absolute atomic E-state index is 0.108. The minimum Gasteiger partial charge on any atom is -0.489 e. The minimum atomic E-state index is -1.11. The van der Waals surface area contributed by atoms with Gasteiger partial charge in [-0.3, -0.25) is 4.79 Å². The van der Waals surface area contributed by atoms with E-state index in [-0.39, 0.29) is 12.1 Å². The standard InChI is InChI=1S/C29H24N4O4/c34-28(32-26(29(35)36)17-20-7-3-1-4-8-20)25-15-16-33-27(31-25)24(18-30-33)22-11-13-23(14-12-22)37-19-21-9-5-2-6-10-21/h1-16,18,26H,17,19H2,(H,32,34)(H,35,36)/t26-/m1/s1. The molecular weight excluding hydrogens is 468 g/mol. The summed E-state index contributed by atoms with van der Waals surface area (Å²) in [6.45, 7) is 0.471. The van der Waals surface area contributed by atoms with Gasteiger partial charge in [-0.25, -0.2) is 14.3 Å². The van der Waals surface area contributed by atoms with Crippen molar-refractivity contribution in [2.75, 3.05) is 0 Å². The SMILES string of the molecule is O=C(N[C@H](Cc1ccccc1)C(=O)O)c1ccn2ncc(-c3ccc(OCc4ccccc4)cc3)c2n1. The fraction of sp³-hybridized carbons (Fsp3) is 0.103. The Morgan fingerprint density at radius 2 is 1.57 bits per heavy atom. The molecule has 2 N–H and O–H groups in total. The van der Waals surface area contributed by atoms with E-state index in [0.717, 1.165) is 28.0 Å². The quantitative estimate of drug-likeness (QED) is 0.316. The number of carbonyl (C=O) groups excluding carboxylic acids is 1. The molecule has 37 heavy (non-hydrogen) atoms. The summed E-state index contributed by atoms with van der Waals surface area (Å²) in [5, 5.41) is 16.5. The predicted molar refractivity (Wildman–Crippen MR) is 138 cm³/mol. The molecule has 0 saturated heterocycles. The largest absolute Gasteiger partial charge is 0.489 e. The number of carbonyl (C=O) groups is 2. The van der Waals surface area contributed by atoms with Crippen molar-refractivity contribution in [3.8, 4) is 16.9 Å². The van der Waals surface area contributed by atoms with Gasteiger partial charge in [-0.1, -0.05) is 72.8 Å². The highest BCUT2D eigenvalue weighted by Crippen LogP contribution is 2.26. The highest BCUT2D eigenvalue weighted by Gasteiger charge is 2.22. The van der Waals surface area contributed by atoms with Crippen molar-refractivity contribution >= 4 is 17.5 Å². The number of benzene rings is 3. The molecule has 0 bridgehead atoms. The van der Waals surface area contributed by atoms with Gasteiger partial charge >= 0.3 is 5.97 Å². The summed E-state index contributed by atoms with van der Waals surface area (Å²) in [5.41, 5.74) is 4.09. The number of aliphatic carboxylic acids is 1. The van der Waals surface area contributed by atoms with Crippen molar-refractivity contribution in [3.05, 3.63) is 120 Å². The van der Waals surface area contributed by atoms with Gasteiger partial charge in [0.25, 0.3) is 5.91 Å². The van der Waals surface area contributed by atoms with Crippen LogP contribution in [0.2, 0.25) is 0 Å². The van der Waals surface area contributed by atoms with Crippen LogP contribution >= 0.6 is 0 Å². The number of ether oxygens (including phenoxy) is 1. The second-order valence-corrected chi connectivity index (χ2v) is 8.49. The third-order valence-corrected chi connectivity index (χ3v) is 5.90. The summed E-state index contributed by atoms with van der Waals surface area (Å²) in [6, 6.07) is 27.1. The van der Waals surface area contributed by atoms with E-state index < -0.39 is 17.9 Å². The molecule has 0 spiro atoms. The Bertz CT molecular complexity index is 1520. The van der Waals surface area contributed by atoms with Gasteiger partial charge in [0, 0.05) is 18.2 Å². The molecule has 1 amide bonds. The summed E-state index contributed by atoms with van der Waals surface area (Å²) in [7, 11) is 0. The lowest BCUT2D eigenvalue weighted by atomic mass is 10.1. The molecule has 2 aromatic heterocycles. The molecule has 0 unspecified atom stereocenters. The maximum Gasteiger partial charge on any atom is 0.326 e. The van der Waals surface area contributed by atoms with Crippen LogP contribution in [0.3, 0.4) is 0 Å². The molecule has 2 heterocycles. The molecule has 8 heteroatoms. The Morgan fingerprint density at radius 1 is 0.892 bits per heavy atom. The van der Waals surface area contributed by atoms with Crippen LogP contribution < -0.4 is 10.1 Å². The first-order valence-electron chi connectivity index (χ1n) is 11.8. The normalized spacial score (nSPS) is 11.7. The smallest absolute Gasteiger partial charge is 0.326 e. The number of fused-ring (bicyclic) bond motifs is 1. The average Bonchev–Trinajstić information content (AvgIpc) is 3.36. The molecule has 0 saturated carbocycles. The number of amides is 1. The third-order valence-electron chi connectivity index (χ3n) is 5.90. The number of nitrogens with one attached hydrogen (secondary N) is 1. The van der Waals surface area contributed by atoms with E-state index in [4.69, 9.17) is 4.74 Å². The van der Waals surface area contributed by atoms with Crippen LogP contribution in [0.15, 0.2) is 103 Å². The zero-order valence-corrected chi connectivity index (χ0v) is 19.8. The Kier molecular flexibility index (Phi) is 6.89. The average molecular weight is 493 g/mol. The Hall–Kier alpha value is -4.98. The van der Waals surface area contributed by atoms with Crippen molar-refractivity contribution in [1.82, 2.24) is 19.9 Å². The highest BCUT2D eigenvalue weighted by molar-refractivity contribution is 5.96. The van der Waals surface area contributed by atoms with Crippen LogP contribution in [0.4, 0.5) is 0 Å². The van der Waals surface area contributed by atoms with Crippen LogP contribution in [-0.2, 0) is 17.8 Å². The molecule has 0 aliphatic heterocycles. The van der Waals surface area contributed by atoms with Gasteiger partial charge in [0.1, 0.15) is 24.1 Å². The monoisotopic (exact) mass is 492 g/mol. The van der Waals surface area contributed by atoms with Gasteiger partial charge in [0.2, 0.25) is 0 Å². The van der Waals surface area contributed by atoms with Gasteiger partial charge in [0.05, 0.1) is 6.20 Å². The lowest BCUT2D eigenvalue weighted by molar-refractivity contribution is -0.139. The first-order valence-corrected chi connectivity index (χ1v) is 11.8. The van der Waals surface area contributed by atoms with Crippen LogP contribution in [0.1, 0.15) is 21.6 Å². The summed E-state index contributed by atoms with van der Waals surface area (Å²) in [4.78, 5) is 29.2. The Morgan fingerprint density at radius 3 is 2.24 bits per heavy atom. The van der Waals surface area contributed by atoms with Crippen LogP contribution in [0.5, 0.6) is 5.75 Å². The summed E-state index contributed by atoms with van der Waals surface area (Å²) in [5.74, 6) is -0.948. The number of carboxylic acids is 1. The van der Waals surface area contributed by atoms with Gasteiger partial charge in [-0.2, -0.15) is 5.10 Å². The fourth-order valence-electron chi connectivity index (χ4n) is 3.95. The molecule has 5 aromatic rings. The predicted octanol–water partition coefficient (Wildman–Crippen LogP) is 4.40. The zero-order valence-electron chi connectivity index (χ0n) is 19.8. The number of rotatable bonds is 9. The van der Waals surface area contributed by atoms with Gasteiger partial charge < -0.3 is 15.2 Å². The van der Waals surface area contributed by atoms with E-state index in [9.17, 15) is 14.7 Å². The molecule has 5 rings (SSSR count). The van der Waals surface area contributed by atoms with Crippen molar-refractivity contribution in [3.63, 3.8) is 0 Å². The Balaban J connectivity index is 1.32. The van der Waals surface area contributed by atoms with Crippen molar-refractivity contribution in [1.29, 1.82) is 0 Å².